The second kappa shape index (κ2) is 5.32. The Labute approximate surface area is 122 Å². The van der Waals surface area contributed by atoms with E-state index in [0.717, 1.165) is 28.7 Å². The molecule has 21 heavy (non-hydrogen) atoms. The van der Waals surface area contributed by atoms with E-state index in [0.29, 0.717) is 5.75 Å². The van der Waals surface area contributed by atoms with Gasteiger partial charge in [-0.3, -0.25) is 0 Å². The van der Waals surface area contributed by atoms with Crippen molar-refractivity contribution < 1.29 is 19.4 Å². The monoisotopic (exact) mass is 282 g/mol. The quantitative estimate of drug-likeness (QED) is 0.879. The maximum atomic E-state index is 11.5. The maximum Gasteiger partial charge on any atom is 0.134 e. The van der Waals surface area contributed by atoms with Crippen molar-refractivity contribution in [3.05, 3.63) is 59.9 Å². The van der Waals surface area contributed by atoms with Gasteiger partial charge in [0.2, 0.25) is 0 Å². The van der Waals surface area contributed by atoms with Crippen LogP contribution in [0.2, 0.25) is 0 Å². The summed E-state index contributed by atoms with van der Waals surface area (Å²) in [6, 6.07) is 12.2. The third-order valence-corrected chi connectivity index (χ3v) is 3.54. The second-order valence-electron chi connectivity index (χ2n) is 4.76. The van der Waals surface area contributed by atoms with Crippen LogP contribution >= 0.6 is 0 Å². The smallest absolute Gasteiger partial charge is 0.134 e. The van der Waals surface area contributed by atoms with Crippen molar-refractivity contribution >= 4 is 11.9 Å². The van der Waals surface area contributed by atoms with E-state index < -0.39 is 5.92 Å². The van der Waals surface area contributed by atoms with E-state index in [-0.39, 0.29) is 5.75 Å². The molecule has 0 bridgehead atoms. The molecule has 1 N–H and O–H groups in total. The third-order valence-electron chi connectivity index (χ3n) is 3.54. The molecule has 0 amide bonds. The van der Waals surface area contributed by atoms with Gasteiger partial charge in [-0.15, -0.1) is 0 Å². The van der Waals surface area contributed by atoms with E-state index in [9.17, 15) is 9.90 Å². The summed E-state index contributed by atoms with van der Waals surface area (Å²) in [4.78, 5) is 11.5. The molecule has 2 aromatic rings. The molecule has 3 rings (SSSR count). The lowest BCUT2D eigenvalue weighted by Gasteiger charge is -2.23. The van der Waals surface area contributed by atoms with Crippen LogP contribution in [0.4, 0.5) is 0 Å². The highest BCUT2D eigenvalue weighted by atomic mass is 16.5. The number of benzene rings is 2. The Kier molecular flexibility index (Phi) is 3.36. The van der Waals surface area contributed by atoms with Gasteiger partial charge < -0.3 is 19.4 Å². The molecule has 4 nitrogen and oxygen atoms in total. The number of carbonyl (C=O) groups excluding carboxylic acids is 1. The van der Waals surface area contributed by atoms with Gasteiger partial charge in [0.25, 0.3) is 0 Å². The molecule has 0 fully saturated rings. The number of rotatable bonds is 3. The van der Waals surface area contributed by atoms with Gasteiger partial charge in [-0.05, 0) is 23.8 Å². The van der Waals surface area contributed by atoms with Crippen LogP contribution in [0.25, 0.3) is 5.57 Å². The van der Waals surface area contributed by atoms with Crippen molar-refractivity contribution in [1.82, 2.24) is 0 Å². The maximum absolute atomic E-state index is 11.5. The predicted molar refractivity (Wildman–Crippen MR) is 78.5 cm³/mol. The van der Waals surface area contributed by atoms with E-state index in [1.165, 1.54) is 6.07 Å². The van der Waals surface area contributed by atoms with Gasteiger partial charge in [-0.1, -0.05) is 18.2 Å². The molecule has 1 heterocycles. The molecule has 0 spiro atoms. The fraction of sp³-hybridized carbons (Fsp3) is 0.118. The lowest BCUT2D eigenvalue weighted by Crippen LogP contribution is -2.11. The number of phenolic OH excluding ortho intramolecular Hbond substituents is 1. The number of fused-ring (bicyclic) bond motifs is 1. The molecule has 1 aliphatic heterocycles. The van der Waals surface area contributed by atoms with Crippen molar-refractivity contribution in [3.63, 3.8) is 0 Å². The highest BCUT2D eigenvalue weighted by Crippen LogP contribution is 2.41. The zero-order chi connectivity index (χ0) is 14.8. The minimum absolute atomic E-state index is 0.111. The Bertz CT molecular complexity index is 701. The number of methoxy groups -OCH3 is 1. The van der Waals surface area contributed by atoms with Crippen molar-refractivity contribution in [1.29, 1.82) is 0 Å². The minimum Gasteiger partial charge on any atom is -0.508 e. The highest BCUT2D eigenvalue weighted by molar-refractivity contribution is 5.88. The van der Waals surface area contributed by atoms with Crippen LogP contribution in [-0.4, -0.2) is 18.5 Å². The summed E-state index contributed by atoms with van der Waals surface area (Å²) < 4.78 is 10.7. The van der Waals surface area contributed by atoms with Gasteiger partial charge in [-0.25, -0.2) is 0 Å². The fourth-order valence-corrected chi connectivity index (χ4v) is 2.43. The van der Waals surface area contributed by atoms with E-state index in [2.05, 4.69) is 0 Å². The van der Waals surface area contributed by atoms with Gasteiger partial charge in [-0.2, -0.15) is 0 Å². The molecule has 0 aliphatic carbocycles. The molecule has 106 valence electrons. The molecule has 1 aliphatic rings. The zero-order valence-electron chi connectivity index (χ0n) is 11.4. The summed E-state index contributed by atoms with van der Waals surface area (Å²) in [6.45, 7) is 0. The van der Waals surface area contributed by atoms with Crippen LogP contribution in [-0.2, 0) is 4.79 Å². The Morgan fingerprint density at radius 3 is 2.62 bits per heavy atom. The van der Waals surface area contributed by atoms with Crippen LogP contribution in [0.5, 0.6) is 17.2 Å². The minimum atomic E-state index is -0.414. The van der Waals surface area contributed by atoms with E-state index in [4.69, 9.17) is 9.47 Å². The molecule has 1 unspecified atom stereocenters. The summed E-state index contributed by atoms with van der Waals surface area (Å²) in [5, 5.41) is 9.48. The summed E-state index contributed by atoms with van der Waals surface area (Å²) in [6.07, 6.45) is 2.44. The van der Waals surface area contributed by atoms with Crippen molar-refractivity contribution in [3.8, 4) is 17.2 Å². The van der Waals surface area contributed by atoms with Crippen molar-refractivity contribution in [2.45, 2.75) is 5.92 Å². The normalized spacial score (nSPS) is 16.4. The van der Waals surface area contributed by atoms with Crippen LogP contribution in [0.3, 0.4) is 0 Å². The summed E-state index contributed by atoms with van der Waals surface area (Å²) in [7, 11) is 1.61. The van der Waals surface area contributed by atoms with Crippen molar-refractivity contribution in [2.24, 2.45) is 0 Å². The molecule has 0 aromatic heterocycles. The largest absolute Gasteiger partial charge is 0.508 e. The molecule has 4 heteroatoms. The Morgan fingerprint density at radius 1 is 1.19 bits per heavy atom. The average molecular weight is 282 g/mol. The third kappa shape index (κ3) is 2.36. The van der Waals surface area contributed by atoms with Gasteiger partial charge >= 0.3 is 0 Å². The van der Waals surface area contributed by atoms with Gasteiger partial charge in [0, 0.05) is 17.2 Å². The molecule has 0 radical (unpaired) electrons. The van der Waals surface area contributed by atoms with E-state index in [1.807, 2.05) is 24.3 Å². The van der Waals surface area contributed by atoms with E-state index in [1.54, 1.807) is 25.5 Å². The first-order valence-corrected chi connectivity index (χ1v) is 6.52. The summed E-state index contributed by atoms with van der Waals surface area (Å²) in [5.74, 6) is 0.954. The molecule has 0 saturated heterocycles. The predicted octanol–water partition coefficient (Wildman–Crippen LogP) is 3.12. The molecular formula is C17H14O4. The summed E-state index contributed by atoms with van der Waals surface area (Å²) >= 11 is 0. The lowest BCUT2D eigenvalue weighted by atomic mass is 9.86. The van der Waals surface area contributed by atoms with Crippen molar-refractivity contribution in [2.75, 3.05) is 7.11 Å². The Hall–Kier alpha value is -2.75. The van der Waals surface area contributed by atoms with Gasteiger partial charge in [0.05, 0.1) is 19.3 Å². The number of aldehydes is 1. The number of carbonyl (C=O) groups is 1. The first kappa shape index (κ1) is 13.2. The molecular weight excluding hydrogens is 268 g/mol. The number of ether oxygens (including phenoxy) is 2. The van der Waals surface area contributed by atoms with Crippen LogP contribution < -0.4 is 9.47 Å². The molecule has 0 saturated carbocycles. The number of aromatic hydroxyl groups is 1. The topological polar surface area (TPSA) is 55.8 Å². The first-order valence-electron chi connectivity index (χ1n) is 6.52. The van der Waals surface area contributed by atoms with Gasteiger partial charge in [0.1, 0.15) is 23.5 Å². The summed E-state index contributed by atoms with van der Waals surface area (Å²) in [5.41, 5.74) is 2.42. The Morgan fingerprint density at radius 2 is 1.95 bits per heavy atom. The molecule has 2 aromatic carbocycles. The van der Waals surface area contributed by atoms with Crippen LogP contribution in [0, 0.1) is 0 Å². The van der Waals surface area contributed by atoms with E-state index >= 15 is 0 Å². The lowest BCUT2D eigenvalue weighted by molar-refractivity contribution is -0.108. The first-order chi connectivity index (χ1) is 10.2. The van der Waals surface area contributed by atoms with Crippen LogP contribution in [0.1, 0.15) is 17.0 Å². The SMILES string of the molecule is COc1ccc(C2=COc3cc(O)ccc3C2C=O)cc1. The fourth-order valence-electron chi connectivity index (χ4n) is 2.43. The number of hydrogen-bond acceptors (Lipinski definition) is 4. The highest BCUT2D eigenvalue weighted by Gasteiger charge is 2.25. The average Bonchev–Trinajstić information content (AvgIpc) is 2.53. The Balaban J connectivity index is 2.01. The number of hydrogen-bond donors (Lipinski definition) is 1. The van der Waals surface area contributed by atoms with Gasteiger partial charge in [0.15, 0.2) is 0 Å². The van der Waals surface area contributed by atoms with Crippen LogP contribution in [0.15, 0.2) is 48.7 Å². The standard InChI is InChI=1S/C17H14O4/c1-20-13-5-2-11(3-6-13)16-10-21-17-8-12(19)4-7-14(17)15(16)9-18/h2-10,15,19H,1H3. The zero-order valence-corrected chi connectivity index (χ0v) is 11.4. The second-order valence-corrected chi connectivity index (χ2v) is 4.76. The molecule has 1 atom stereocenters. The number of allylic oxidation sites excluding steroid dienone is 1. The number of phenols is 1.